The van der Waals surface area contributed by atoms with E-state index >= 15 is 0 Å². The van der Waals surface area contributed by atoms with Crippen LogP contribution >= 0.6 is 0 Å². The van der Waals surface area contributed by atoms with Crippen molar-refractivity contribution in [2.24, 2.45) is 5.73 Å². The minimum Gasteiger partial charge on any atom is -0.358 e. The first-order valence-corrected chi connectivity index (χ1v) is 8.59. The maximum absolute atomic E-state index is 12.9. The monoisotopic (exact) mass is 313 g/mol. The first-order valence-electron chi connectivity index (χ1n) is 8.59. The first-order chi connectivity index (χ1) is 11.0. The molecule has 0 bridgehead atoms. The standard InChI is InChI=1S/C19H27N3O/c1-12-8-13(2)19-17(9-12)16(14(3)21-19)10-18(23)22-7-5-4-6-15(22)11-20/h8-9,15,21H,4-7,10-11,20H2,1-3H3/t15-/m0/s1. The van der Waals surface area contributed by atoms with Gasteiger partial charge in [0.1, 0.15) is 0 Å². The normalized spacial score (nSPS) is 18.6. The predicted octanol–water partition coefficient (Wildman–Crippen LogP) is 2.98. The van der Waals surface area contributed by atoms with Gasteiger partial charge < -0.3 is 15.6 Å². The molecule has 2 heterocycles. The van der Waals surface area contributed by atoms with Crippen LogP contribution in [0, 0.1) is 20.8 Å². The Labute approximate surface area is 138 Å². The van der Waals surface area contributed by atoms with Crippen molar-refractivity contribution >= 4 is 16.8 Å². The number of piperidine rings is 1. The quantitative estimate of drug-likeness (QED) is 0.915. The molecule has 23 heavy (non-hydrogen) atoms. The molecule has 0 saturated carbocycles. The van der Waals surface area contributed by atoms with E-state index in [0.717, 1.165) is 36.2 Å². The van der Waals surface area contributed by atoms with Crippen molar-refractivity contribution < 1.29 is 4.79 Å². The number of hydrogen-bond donors (Lipinski definition) is 2. The summed E-state index contributed by atoms with van der Waals surface area (Å²) in [5.41, 5.74) is 11.7. The number of H-pyrrole nitrogens is 1. The number of nitrogens with two attached hydrogens (primary N) is 1. The second kappa shape index (κ2) is 6.36. The van der Waals surface area contributed by atoms with Gasteiger partial charge in [0.05, 0.1) is 6.42 Å². The van der Waals surface area contributed by atoms with Gasteiger partial charge in [-0.3, -0.25) is 4.79 Å². The van der Waals surface area contributed by atoms with Crippen molar-refractivity contribution in [2.45, 2.75) is 52.5 Å². The van der Waals surface area contributed by atoms with Gasteiger partial charge in [0, 0.05) is 35.7 Å². The largest absolute Gasteiger partial charge is 0.358 e. The number of nitrogens with zero attached hydrogens (tertiary/aromatic N) is 1. The Morgan fingerprint density at radius 1 is 1.30 bits per heavy atom. The van der Waals surface area contributed by atoms with Crippen LogP contribution in [0.5, 0.6) is 0 Å². The molecular formula is C19H27N3O. The molecule has 1 aromatic carbocycles. The third kappa shape index (κ3) is 3.00. The smallest absolute Gasteiger partial charge is 0.227 e. The Morgan fingerprint density at radius 3 is 2.83 bits per heavy atom. The van der Waals surface area contributed by atoms with E-state index in [0.29, 0.717) is 13.0 Å². The number of fused-ring (bicyclic) bond motifs is 1. The Balaban J connectivity index is 1.92. The molecule has 1 fully saturated rings. The number of likely N-dealkylation sites (tertiary alicyclic amines) is 1. The summed E-state index contributed by atoms with van der Waals surface area (Å²) >= 11 is 0. The molecule has 3 rings (SSSR count). The van der Waals surface area contributed by atoms with E-state index in [9.17, 15) is 4.79 Å². The van der Waals surface area contributed by atoms with Gasteiger partial charge >= 0.3 is 0 Å². The molecule has 0 aliphatic carbocycles. The van der Waals surface area contributed by atoms with Crippen molar-refractivity contribution in [3.8, 4) is 0 Å². The zero-order valence-corrected chi connectivity index (χ0v) is 14.4. The predicted molar refractivity (Wildman–Crippen MR) is 94.6 cm³/mol. The summed E-state index contributed by atoms with van der Waals surface area (Å²) in [6.07, 6.45) is 3.77. The Kier molecular flexibility index (Phi) is 4.44. The van der Waals surface area contributed by atoms with E-state index in [1.807, 2.05) is 4.90 Å². The van der Waals surface area contributed by atoms with Crippen LogP contribution in [-0.2, 0) is 11.2 Å². The van der Waals surface area contributed by atoms with Gasteiger partial charge in [0.25, 0.3) is 0 Å². The molecule has 124 valence electrons. The molecule has 1 amide bonds. The van der Waals surface area contributed by atoms with Crippen LogP contribution in [0.15, 0.2) is 12.1 Å². The third-order valence-electron chi connectivity index (χ3n) is 5.12. The molecule has 0 radical (unpaired) electrons. The second-order valence-electron chi connectivity index (χ2n) is 6.88. The SMILES string of the molecule is Cc1cc(C)c2[nH]c(C)c(CC(=O)N3CCCC[C@H]3CN)c2c1. The zero-order chi connectivity index (χ0) is 16.6. The molecule has 0 unspecified atom stereocenters. The number of hydrogen-bond acceptors (Lipinski definition) is 2. The maximum Gasteiger partial charge on any atom is 0.227 e. The highest BCUT2D eigenvalue weighted by Gasteiger charge is 2.26. The summed E-state index contributed by atoms with van der Waals surface area (Å²) in [6, 6.07) is 4.58. The van der Waals surface area contributed by atoms with E-state index in [1.54, 1.807) is 0 Å². The van der Waals surface area contributed by atoms with Crippen LogP contribution in [0.1, 0.15) is 41.6 Å². The Morgan fingerprint density at radius 2 is 2.09 bits per heavy atom. The van der Waals surface area contributed by atoms with Crippen LogP contribution < -0.4 is 5.73 Å². The molecule has 1 aliphatic heterocycles. The van der Waals surface area contributed by atoms with E-state index in [-0.39, 0.29) is 11.9 Å². The van der Waals surface area contributed by atoms with Crippen molar-refractivity contribution in [1.29, 1.82) is 0 Å². The van der Waals surface area contributed by atoms with Crippen molar-refractivity contribution in [3.63, 3.8) is 0 Å². The summed E-state index contributed by atoms with van der Waals surface area (Å²) < 4.78 is 0. The molecule has 1 saturated heterocycles. The minimum atomic E-state index is 0.211. The average molecular weight is 313 g/mol. The number of aryl methyl sites for hydroxylation is 3. The highest BCUT2D eigenvalue weighted by molar-refractivity contribution is 5.92. The summed E-state index contributed by atoms with van der Waals surface area (Å²) in [4.78, 5) is 18.3. The van der Waals surface area contributed by atoms with Crippen molar-refractivity contribution in [2.75, 3.05) is 13.1 Å². The van der Waals surface area contributed by atoms with Crippen LogP contribution in [0.2, 0.25) is 0 Å². The highest BCUT2D eigenvalue weighted by Crippen LogP contribution is 2.28. The number of aromatic nitrogens is 1. The highest BCUT2D eigenvalue weighted by atomic mass is 16.2. The van der Waals surface area contributed by atoms with E-state index in [1.165, 1.54) is 22.9 Å². The first kappa shape index (κ1) is 16.1. The molecule has 2 aromatic rings. The summed E-state index contributed by atoms with van der Waals surface area (Å²) in [6.45, 7) is 7.70. The number of carbonyl (C=O) groups is 1. The lowest BCUT2D eigenvalue weighted by molar-refractivity contribution is -0.133. The van der Waals surface area contributed by atoms with Crippen LogP contribution in [-0.4, -0.2) is 34.9 Å². The second-order valence-corrected chi connectivity index (χ2v) is 6.88. The fourth-order valence-corrected chi connectivity index (χ4v) is 3.89. The van der Waals surface area contributed by atoms with E-state index < -0.39 is 0 Å². The summed E-state index contributed by atoms with van der Waals surface area (Å²) in [5, 5.41) is 1.19. The van der Waals surface area contributed by atoms with Gasteiger partial charge in [0.15, 0.2) is 0 Å². The third-order valence-corrected chi connectivity index (χ3v) is 5.12. The lowest BCUT2D eigenvalue weighted by Gasteiger charge is -2.35. The van der Waals surface area contributed by atoms with Crippen LogP contribution in [0.25, 0.3) is 10.9 Å². The lowest BCUT2D eigenvalue weighted by atomic mass is 9.99. The lowest BCUT2D eigenvalue weighted by Crippen LogP contribution is -2.48. The molecular weight excluding hydrogens is 286 g/mol. The molecule has 1 atom stereocenters. The number of benzene rings is 1. The number of amides is 1. The molecule has 3 N–H and O–H groups in total. The summed E-state index contributed by atoms with van der Waals surface area (Å²) in [5.74, 6) is 0.211. The van der Waals surface area contributed by atoms with Crippen molar-refractivity contribution in [1.82, 2.24) is 9.88 Å². The summed E-state index contributed by atoms with van der Waals surface area (Å²) in [7, 11) is 0. The molecule has 4 heteroatoms. The number of nitrogens with one attached hydrogen (secondary N) is 1. The van der Waals surface area contributed by atoms with Gasteiger partial charge in [0.2, 0.25) is 5.91 Å². The average Bonchev–Trinajstić information content (AvgIpc) is 2.84. The topological polar surface area (TPSA) is 62.1 Å². The van der Waals surface area contributed by atoms with Gasteiger partial charge in [-0.05, 0) is 57.2 Å². The van der Waals surface area contributed by atoms with E-state index in [2.05, 4.69) is 37.9 Å². The van der Waals surface area contributed by atoms with Gasteiger partial charge in [-0.15, -0.1) is 0 Å². The Bertz CT molecular complexity index is 732. The number of rotatable bonds is 3. The van der Waals surface area contributed by atoms with Gasteiger partial charge in [-0.1, -0.05) is 11.6 Å². The van der Waals surface area contributed by atoms with Gasteiger partial charge in [-0.2, -0.15) is 0 Å². The fourth-order valence-electron chi connectivity index (χ4n) is 3.89. The molecule has 4 nitrogen and oxygen atoms in total. The van der Waals surface area contributed by atoms with Crippen molar-refractivity contribution in [3.05, 3.63) is 34.5 Å². The van der Waals surface area contributed by atoms with Crippen LogP contribution in [0.4, 0.5) is 0 Å². The van der Waals surface area contributed by atoms with E-state index in [4.69, 9.17) is 5.73 Å². The Hall–Kier alpha value is -1.81. The number of aromatic amines is 1. The molecule has 1 aromatic heterocycles. The maximum atomic E-state index is 12.9. The fraction of sp³-hybridized carbons (Fsp3) is 0.526. The molecule has 1 aliphatic rings. The minimum absolute atomic E-state index is 0.211. The zero-order valence-electron chi connectivity index (χ0n) is 14.4. The number of carbonyl (C=O) groups excluding carboxylic acids is 1. The van der Waals surface area contributed by atoms with Gasteiger partial charge in [-0.25, -0.2) is 0 Å². The molecule has 0 spiro atoms. The van der Waals surface area contributed by atoms with Crippen LogP contribution in [0.3, 0.4) is 0 Å².